The van der Waals surface area contributed by atoms with Crippen LogP contribution >= 0.6 is 24.8 Å². The Morgan fingerprint density at radius 2 is 1.87 bits per heavy atom. The number of nitrogens with zero attached hydrogens (tertiary/aromatic N) is 1. The molecule has 0 bridgehead atoms. The number of rotatable bonds is 6. The molecular formula is C17H29Cl2N3O. The zero-order valence-electron chi connectivity index (χ0n) is 14.2. The Hall–Kier alpha value is -0.970. The lowest BCUT2D eigenvalue weighted by Crippen LogP contribution is -2.32. The molecule has 1 aliphatic rings. The molecule has 0 heterocycles. The zero-order valence-corrected chi connectivity index (χ0v) is 15.8. The number of amides is 1. The summed E-state index contributed by atoms with van der Waals surface area (Å²) in [6.45, 7) is 2.63. The Labute approximate surface area is 152 Å². The molecule has 1 aromatic rings. The molecule has 6 heteroatoms. The van der Waals surface area contributed by atoms with E-state index in [9.17, 15) is 4.79 Å². The van der Waals surface area contributed by atoms with E-state index in [1.54, 1.807) is 0 Å². The first-order valence-electron chi connectivity index (χ1n) is 7.90. The highest BCUT2D eigenvalue weighted by molar-refractivity contribution is 5.95. The smallest absolute Gasteiger partial charge is 0.228 e. The van der Waals surface area contributed by atoms with Crippen molar-refractivity contribution in [2.45, 2.75) is 38.6 Å². The summed E-state index contributed by atoms with van der Waals surface area (Å²) in [6, 6.07) is 8.69. The van der Waals surface area contributed by atoms with Crippen molar-refractivity contribution in [1.82, 2.24) is 5.32 Å². The van der Waals surface area contributed by atoms with E-state index in [1.807, 2.05) is 32.2 Å². The van der Waals surface area contributed by atoms with Crippen molar-refractivity contribution in [3.63, 3.8) is 0 Å². The summed E-state index contributed by atoms with van der Waals surface area (Å²) >= 11 is 0. The van der Waals surface area contributed by atoms with Crippen molar-refractivity contribution < 1.29 is 4.79 Å². The third kappa shape index (κ3) is 5.87. The maximum atomic E-state index is 12.2. The number of anilines is 2. The molecule has 1 fully saturated rings. The molecule has 0 aliphatic heterocycles. The van der Waals surface area contributed by atoms with Crippen LogP contribution in [0.5, 0.6) is 0 Å². The molecule has 1 amide bonds. The van der Waals surface area contributed by atoms with Crippen LogP contribution in [0.4, 0.5) is 11.4 Å². The number of nitrogens with one attached hydrogen (secondary N) is 2. The Morgan fingerprint density at radius 3 is 2.48 bits per heavy atom. The number of benzene rings is 1. The lowest BCUT2D eigenvalue weighted by Gasteiger charge is -2.29. The van der Waals surface area contributed by atoms with Crippen LogP contribution in [0, 0.1) is 5.92 Å². The minimum absolute atomic E-state index is 0. The van der Waals surface area contributed by atoms with Crippen LogP contribution < -0.4 is 15.5 Å². The van der Waals surface area contributed by atoms with Crippen LogP contribution in [0.3, 0.4) is 0 Å². The van der Waals surface area contributed by atoms with Crippen molar-refractivity contribution in [1.29, 1.82) is 0 Å². The van der Waals surface area contributed by atoms with Gasteiger partial charge < -0.3 is 15.5 Å². The molecule has 0 spiro atoms. The van der Waals surface area contributed by atoms with Crippen molar-refractivity contribution in [2.75, 3.05) is 30.9 Å². The highest BCUT2D eigenvalue weighted by Crippen LogP contribution is 2.31. The normalized spacial score (nSPS) is 15.3. The standard InChI is InChI=1S/C17H27N3O.2ClH/c1-13(12-18-2)17(21)19-15-10-6-7-11-16(15)20(3)14-8-4-5-9-14;;/h6-7,10-11,13-14,18H,4-5,8-9,12H2,1-3H3,(H,19,21);2*1H. The minimum atomic E-state index is -0.0418. The molecule has 0 saturated heterocycles. The first-order chi connectivity index (χ1) is 10.1. The Bertz CT molecular complexity index is 479. The summed E-state index contributed by atoms with van der Waals surface area (Å²) in [5, 5.41) is 6.12. The first kappa shape index (κ1) is 22.0. The van der Waals surface area contributed by atoms with E-state index in [2.05, 4.69) is 28.6 Å². The van der Waals surface area contributed by atoms with Gasteiger partial charge in [0.05, 0.1) is 11.4 Å². The van der Waals surface area contributed by atoms with Crippen molar-refractivity contribution >= 4 is 42.1 Å². The van der Waals surface area contributed by atoms with Gasteiger partial charge >= 0.3 is 0 Å². The van der Waals surface area contributed by atoms with E-state index in [1.165, 1.54) is 25.7 Å². The summed E-state index contributed by atoms with van der Waals surface area (Å²) in [5.41, 5.74) is 2.04. The molecule has 0 radical (unpaired) electrons. The van der Waals surface area contributed by atoms with Gasteiger partial charge in [0.25, 0.3) is 0 Å². The lowest BCUT2D eigenvalue weighted by molar-refractivity contribution is -0.119. The highest BCUT2D eigenvalue weighted by Gasteiger charge is 2.22. The summed E-state index contributed by atoms with van der Waals surface area (Å²) in [6.07, 6.45) is 5.11. The van der Waals surface area contributed by atoms with Gasteiger partial charge in [-0.05, 0) is 32.0 Å². The highest BCUT2D eigenvalue weighted by atomic mass is 35.5. The predicted molar refractivity (Wildman–Crippen MR) is 103 cm³/mol. The van der Waals surface area contributed by atoms with Gasteiger partial charge in [-0.3, -0.25) is 4.79 Å². The third-order valence-electron chi connectivity index (χ3n) is 4.37. The van der Waals surface area contributed by atoms with Crippen LogP contribution in [0.1, 0.15) is 32.6 Å². The number of hydrogen-bond acceptors (Lipinski definition) is 3. The van der Waals surface area contributed by atoms with E-state index < -0.39 is 0 Å². The second kappa shape index (κ2) is 10.7. The molecule has 23 heavy (non-hydrogen) atoms. The average molecular weight is 362 g/mol. The van der Waals surface area contributed by atoms with Gasteiger partial charge in [0.2, 0.25) is 5.91 Å². The van der Waals surface area contributed by atoms with Gasteiger partial charge in [0.15, 0.2) is 0 Å². The van der Waals surface area contributed by atoms with Crippen LogP contribution in [-0.4, -0.2) is 32.6 Å². The molecule has 1 saturated carbocycles. The average Bonchev–Trinajstić information content (AvgIpc) is 3.01. The lowest BCUT2D eigenvalue weighted by atomic mass is 10.1. The number of halogens is 2. The second-order valence-corrected chi connectivity index (χ2v) is 6.01. The van der Waals surface area contributed by atoms with Crippen LogP contribution in [0.15, 0.2) is 24.3 Å². The fourth-order valence-electron chi connectivity index (χ4n) is 3.03. The summed E-state index contributed by atoms with van der Waals surface area (Å²) in [5.74, 6) is 0.0245. The van der Waals surface area contributed by atoms with Crippen molar-refractivity contribution in [3.05, 3.63) is 24.3 Å². The van der Waals surface area contributed by atoms with Gasteiger partial charge in [0.1, 0.15) is 0 Å². The van der Waals surface area contributed by atoms with Gasteiger partial charge in [-0.25, -0.2) is 0 Å². The van der Waals surface area contributed by atoms with Crippen LogP contribution in [0.2, 0.25) is 0 Å². The minimum Gasteiger partial charge on any atom is -0.370 e. The maximum absolute atomic E-state index is 12.2. The topological polar surface area (TPSA) is 44.4 Å². The molecule has 2 N–H and O–H groups in total. The quantitative estimate of drug-likeness (QED) is 0.811. The fraction of sp³-hybridized carbons (Fsp3) is 0.588. The van der Waals surface area contributed by atoms with E-state index in [0.29, 0.717) is 12.6 Å². The van der Waals surface area contributed by atoms with Crippen LogP contribution in [-0.2, 0) is 4.79 Å². The number of carbonyl (C=O) groups is 1. The van der Waals surface area contributed by atoms with Gasteiger partial charge in [-0.1, -0.05) is 31.9 Å². The Morgan fingerprint density at radius 1 is 1.26 bits per heavy atom. The molecule has 1 unspecified atom stereocenters. The number of carbonyl (C=O) groups excluding carboxylic acids is 1. The van der Waals surface area contributed by atoms with E-state index in [-0.39, 0.29) is 36.6 Å². The maximum Gasteiger partial charge on any atom is 0.228 e. The molecule has 1 aromatic carbocycles. The Kier molecular flexibility index (Phi) is 10.3. The molecule has 4 nitrogen and oxygen atoms in total. The largest absolute Gasteiger partial charge is 0.370 e. The number of hydrogen-bond donors (Lipinski definition) is 2. The molecular weight excluding hydrogens is 333 g/mol. The summed E-state index contributed by atoms with van der Waals surface area (Å²) < 4.78 is 0. The molecule has 0 aromatic heterocycles. The fourth-order valence-corrected chi connectivity index (χ4v) is 3.03. The zero-order chi connectivity index (χ0) is 15.2. The second-order valence-electron chi connectivity index (χ2n) is 6.01. The molecule has 1 aliphatic carbocycles. The molecule has 132 valence electrons. The summed E-state index contributed by atoms with van der Waals surface area (Å²) in [7, 11) is 4.00. The summed E-state index contributed by atoms with van der Waals surface area (Å²) in [4.78, 5) is 14.6. The van der Waals surface area contributed by atoms with Crippen LogP contribution in [0.25, 0.3) is 0 Å². The SMILES string of the molecule is CNCC(C)C(=O)Nc1ccccc1N(C)C1CCCC1.Cl.Cl. The van der Waals surface area contributed by atoms with E-state index in [0.717, 1.165) is 11.4 Å². The van der Waals surface area contributed by atoms with Crippen molar-refractivity contribution in [3.8, 4) is 0 Å². The van der Waals surface area contributed by atoms with Crippen molar-refractivity contribution in [2.24, 2.45) is 5.92 Å². The monoisotopic (exact) mass is 361 g/mol. The van der Waals surface area contributed by atoms with Gasteiger partial charge in [-0.15, -0.1) is 24.8 Å². The molecule has 2 rings (SSSR count). The van der Waals surface area contributed by atoms with Gasteiger partial charge in [0, 0.05) is 25.6 Å². The van der Waals surface area contributed by atoms with E-state index >= 15 is 0 Å². The number of para-hydroxylation sites is 2. The van der Waals surface area contributed by atoms with E-state index in [4.69, 9.17) is 0 Å². The third-order valence-corrected chi connectivity index (χ3v) is 4.37. The Balaban J connectivity index is 0.00000242. The first-order valence-corrected chi connectivity index (χ1v) is 7.90. The van der Waals surface area contributed by atoms with Gasteiger partial charge in [-0.2, -0.15) is 0 Å². The molecule has 1 atom stereocenters. The predicted octanol–water partition coefficient (Wildman–Crippen LogP) is 3.70.